The van der Waals surface area contributed by atoms with Crippen molar-refractivity contribution in [2.45, 2.75) is 59.0 Å². The number of rotatable bonds is 6. The Morgan fingerprint density at radius 2 is 2.00 bits per heavy atom. The highest BCUT2D eigenvalue weighted by molar-refractivity contribution is 5.87. The second kappa shape index (κ2) is 7.77. The zero-order chi connectivity index (χ0) is 17.9. The lowest BCUT2D eigenvalue weighted by atomic mass is 9.98. The number of amides is 2. The number of nitrogens with zero attached hydrogens (tertiary/aromatic N) is 5. The van der Waals surface area contributed by atoms with Gasteiger partial charge >= 0.3 is 0 Å². The van der Waals surface area contributed by atoms with E-state index in [-0.39, 0.29) is 17.9 Å². The molecule has 1 aliphatic heterocycles. The molecule has 1 fully saturated rings. The Hall–Kier alpha value is -1.92. The summed E-state index contributed by atoms with van der Waals surface area (Å²) in [5.41, 5.74) is 0. The molecule has 7 heteroatoms. The van der Waals surface area contributed by atoms with E-state index in [0.717, 1.165) is 24.5 Å². The topological polar surface area (TPSA) is 71.3 Å². The van der Waals surface area contributed by atoms with Gasteiger partial charge in [0.25, 0.3) is 0 Å². The molecule has 2 amide bonds. The van der Waals surface area contributed by atoms with Crippen LogP contribution in [0.25, 0.3) is 0 Å². The number of likely N-dealkylation sites (tertiary alicyclic amines) is 1. The standard InChI is InChI=1S/C17H29N5O2/c1-12(2)10-14(22-9-7-6-8-16(22)23)17(24)20(4)11-15-19-18-13(3)21(15)5/h12,14H,6-11H2,1-5H3/t14-/m1/s1. The molecule has 1 saturated heterocycles. The average molecular weight is 335 g/mol. The highest BCUT2D eigenvalue weighted by Crippen LogP contribution is 2.21. The second-order valence-corrected chi connectivity index (χ2v) is 7.11. The third kappa shape index (κ3) is 4.13. The van der Waals surface area contributed by atoms with Crippen molar-refractivity contribution < 1.29 is 9.59 Å². The SMILES string of the molecule is Cc1nnc(CN(C)C(=O)[C@@H](CC(C)C)N2CCCCC2=O)n1C. The molecule has 2 heterocycles. The first-order valence-electron chi connectivity index (χ1n) is 8.70. The monoisotopic (exact) mass is 335 g/mol. The van der Waals surface area contributed by atoms with Gasteiger partial charge in [0, 0.05) is 27.1 Å². The van der Waals surface area contributed by atoms with Crippen LogP contribution in [0.2, 0.25) is 0 Å². The van der Waals surface area contributed by atoms with Crippen molar-refractivity contribution in [1.29, 1.82) is 0 Å². The molecule has 134 valence electrons. The van der Waals surface area contributed by atoms with Gasteiger partial charge in [0.15, 0.2) is 5.82 Å². The van der Waals surface area contributed by atoms with E-state index in [4.69, 9.17) is 0 Å². The number of hydrogen-bond acceptors (Lipinski definition) is 4. The van der Waals surface area contributed by atoms with Gasteiger partial charge in [0.1, 0.15) is 11.9 Å². The summed E-state index contributed by atoms with van der Waals surface area (Å²) in [5.74, 6) is 1.99. The van der Waals surface area contributed by atoms with Crippen molar-refractivity contribution in [3.05, 3.63) is 11.6 Å². The lowest BCUT2D eigenvalue weighted by molar-refractivity contribution is -0.147. The predicted molar refractivity (Wildman–Crippen MR) is 91.0 cm³/mol. The molecular weight excluding hydrogens is 306 g/mol. The Kier molecular flexibility index (Phi) is 5.96. The normalized spacial score (nSPS) is 16.6. The summed E-state index contributed by atoms with van der Waals surface area (Å²) in [6, 6.07) is -0.378. The summed E-state index contributed by atoms with van der Waals surface area (Å²) < 4.78 is 1.88. The number of piperidine rings is 1. The van der Waals surface area contributed by atoms with Crippen LogP contribution in [0, 0.1) is 12.8 Å². The summed E-state index contributed by atoms with van der Waals surface area (Å²) in [4.78, 5) is 28.8. The maximum Gasteiger partial charge on any atom is 0.245 e. The third-order valence-corrected chi connectivity index (χ3v) is 4.65. The fourth-order valence-corrected chi connectivity index (χ4v) is 3.10. The van der Waals surface area contributed by atoms with Gasteiger partial charge in [0.2, 0.25) is 11.8 Å². The van der Waals surface area contributed by atoms with E-state index >= 15 is 0 Å². The fraction of sp³-hybridized carbons (Fsp3) is 0.765. The van der Waals surface area contributed by atoms with Gasteiger partial charge in [-0.15, -0.1) is 10.2 Å². The van der Waals surface area contributed by atoms with E-state index in [1.54, 1.807) is 16.8 Å². The first kappa shape index (κ1) is 18.4. The molecule has 0 unspecified atom stereocenters. The molecule has 1 atom stereocenters. The van der Waals surface area contributed by atoms with E-state index in [9.17, 15) is 9.59 Å². The quantitative estimate of drug-likeness (QED) is 0.790. The van der Waals surface area contributed by atoms with Crippen molar-refractivity contribution in [3.8, 4) is 0 Å². The number of aromatic nitrogens is 3. The molecule has 0 spiro atoms. The van der Waals surface area contributed by atoms with E-state index < -0.39 is 0 Å². The Morgan fingerprint density at radius 1 is 1.29 bits per heavy atom. The van der Waals surface area contributed by atoms with Crippen LogP contribution in [-0.4, -0.2) is 56.0 Å². The average Bonchev–Trinajstić information content (AvgIpc) is 2.84. The van der Waals surface area contributed by atoms with Crippen LogP contribution in [0.3, 0.4) is 0 Å². The Bertz CT molecular complexity index is 596. The summed E-state index contributed by atoms with van der Waals surface area (Å²) in [5, 5.41) is 8.16. The van der Waals surface area contributed by atoms with Crippen molar-refractivity contribution >= 4 is 11.8 Å². The molecule has 1 aromatic heterocycles. The number of likely N-dealkylation sites (N-methyl/N-ethyl adjacent to an activating group) is 1. The molecular formula is C17H29N5O2. The van der Waals surface area contributed by atoms with Crippen LogP contribution in [-0.2, 0) is 23.2 Å². The van der Waals surface area contributed by atoms with Crippen molar-refractivity contribution in [1.82, 2.24) is 24.6 Å². The predicted octanol–water partition coefficient (Wildman–Crippen LogP) is 1.51. The minimum Gasteiger partial charge on any atom is -0.336 e. The Morgan fingerprint density at radius 3 is 2.54 bits per heavy atom. The zero-order valence-electron chi connectivity index (χ0n) is 15.4. The number of carbonyl (C=O) groups is 2. The highest BCUT2D eigenvalue weighted by atomic mass is 16.2. The molecule has 0 N–H and O–H groups in total. The molecule has 0 bridgehead atoms. The summed E-state index contributed by atoms with van der Waals surface area (Å²) in [6.07, 6.45) is 3.13. The number of carbonyl (C=O) groups excluding carboxylic acids is 2. The Balaban J connectivity index is 2.13. The molecule has 2 rings (SSSR count). The molecule has 7 nitrogen and oxygen atoms in total. The molecule has 0 saturated carbocycles. The fourth-order valence-electron chi connectivity index (χ4n) is 3.10. The van der Waals surface area contributed by atoms with Crippen molar-refractivity contribution in [2.75, 3.05) is 13.6 Å². The molecule has 1 aliphatic rings. The molecule has 0 aliphatic carbocycles. The van der Waals surface area contributed by atoms with Gasteiger partial charge in [0.05, 0.1) is 6.54 Å². The first-order chi connectivity index (χ1) is 11.3. The van der Waals surface area contributed by atoms with Gasteiger partial charge in [-0.25, -0.2) is 0 Å². The van der Waals surface area contributed by atoms with Crippen LogP contribution in [0.4, 0.5) is 0 Å². The first-order valence-corrected chi connectivity index (χ1v) is 8.70. The van der Waals surface area contributed by atoms with Crippen LogP contribution < -0.4 is 0 Å². The molecule has 24 heavy (non-hydrogen) atoms. The number of hydrogen-bond donors (Lipinski definition) is 0. The molecule has 0 aromatic carbocycles. The Labute approximate surface area is 144 Å². The lowest BCUT2D eigenvalue weighted by Gasteiger charge is -2.36. The van der Waals surface area contributed by atoms with E-state index in [2.05, 4.69) is 24.0 Å². The summed E-state index contributed by atoms with van der Waals surface area (Å²) in [7, 11) is 3.66. The largest absolute Gasteiger partial charge is 0.336 e. The van der Waals surface area contributed by atoms with Crippen LogP contribution in [0.15, 0.2) is 0 Å². The maximum absolute atomic E-state index is 13.0. The zero-order valence-corrected chi connectivity index (χ0v) is 15.4. The van der Waals surface area contributed by atoms with Crippen LogP contribution >= 0.6 is 0 Å². The van der Waals surface area contributed by atoms with Crippen LogP contribution in [0.1, 0.15) is 51.2 Å². The van der Waals surface area contributed by atoms with Gasteiger partial charge < -0.3 is 14.4 Å². The third-order valence-electron chi connectivity index (χ3n) is 4.65. The van der Waals surface area contributed by atoms with Gasteiger partial charge in [-0.1, -0.05) is 13.8 Å². The maximum atomic E-state index is 13.0. The molecule has 1 aromatic rings. The highest BCUT2D eigenvalue weighted by Gasteiger charge is 2.33. The van der Waals surface area contributed by atoms with Crippen molar-refractivity contribution in [3.63, 3.8) is 0 Å². The van der Waals surface area contributed by atoms with Crippen molar-refractivity contribution in [2.24, 2.45) is 13.0 Å². The van der Waals surface area contributed by atoms with Gasteiger partial charge in [-0.2, -0.15) is 0 Å². The smallest absolute Gasteiger partial charge is 0.245 e. The second-order valence-electron chi connectivity index (χ2n) is 7.11. The van der Waals surface area contributed by atoms with Gasteiger partial charge in [-0.3, -0.25) is 9.59 Å². The van der Waals surface area contributed by atoms with Crippen LogP contribution in [0.5, 0.6) is 0 Å². The van der Waals surface area contributed by atoms with Gasteiger partial charge in [-0.05, 0) is 32.1 Å². The summed E-state index contributed by atoms with van der Waals surface area (Å²) >= 11 is 0. The van der Waals surface area contributed by atoms with E-state index in [0.29, 0.717) is 31.8 Å². The van der Waals surface area contributed by atoms with E-state index in [1.807, 2.05) is 18.5 Å². The minimum atomic E-state index is -0.378. The summed E-state index contributed by atoms with van der Waals surface area (Å²) in [6.45, 7) is 7.12. The number of aryl methyl sites for hydroxylation is 1. The lowest BCUT2D eigenvalue weighted by Crippen LogP contribution is -2.52. The van der Waals surface area contributed by atoms with E-state index in [1.165, 1.54) is 0 Å². The molecule has 0 radical (unpaired) electrons. The minimum absolute atomic E-state index is 0.0143.